The summed E-state index contributed by atoms with van der Waals surface area (Å²) in [6.07, 6.45) is 2.27. The van der Waals surface area contributed by atoms with Crippen molar-refractivity contribution in [3.8, 4) is 0 Å². The Bertz CT molecular complexity index is 659. The Morgan fingerprint density at radius 2 is 2.36 bits per heavy atom. The van der Waals surface area contributed by atoms with Gasteiger partial charge in [-0.25, -0.2) is 13.8 Å². The molecule has 7 heteroatoms. The third-order valence-electron chi connectivity index (χ3n) is 3.88. The lowest BCUT2D eigenvalue weighted by atomic mass is 9.97. The summed E-state index contributed by atoms with van der Waals surface area (Å²) in [5, 5.41) is 3.20. The van der Waals surface area contributed by atoms with Crippen LogP contribution in [-0.4, -0.2) is 37.0 Å². The lowest BCUT2D eigenvalue weighted by Crippen LogP contribution is -2.44. The number of fused-ring (bicyclic) bond motifs is 1. The van der Waals surface area contributed by atoms with E-state index in [1.807, 2.05) is 11.0 Å². The molecule has 1 saturated heterocycles. The Hall–Kier alpha value is -2.18. The van der Waals surface area contributed by atoms with Crippen molar-refractivity contribution >= 4 is 22.7 Å². The van der Waals surface area contributed by atoms with Crippen LogP contribution in [0.15, 0.2) is 29.0 Å². The maximum absolute atomic E-state index is 12.2. The van der Waals surface area contributed by atoms with Gasteiger partial charge in [-0.15, -0.1) is 0 Å². The van der Waals surface area contributed by atoms with Gasteiger partial charge >= 0.3 is 0 Å². The van der Waals surface area contributed by atoms with Crippen molar-refractivity contribution in [2.24, 2.45) is 5.92 Å². The fourth-order valence-corrected chi connectivity index (χ4v) is 2.84. The van der Waals surface area contributed by atoms with Crippen molar-refractivity contribution in [3.63, 3.8) is 0 Å². The van der Waals surface area contributed by atoms with Crippen LogP contribution in [0.2, 0.25) is 0 Å². The highest BCUT2D eigenvalue weighted by Crippen LogP contribution is 2.28. The van der Waals surface area contributed by atoms with Crippen molar-refractivity contribution in [2.75, 3.05) is 24.5 Å². The molecule has 1 fully saturated rings. The molecule has 1 N–H and O–H groups in total. The van der Waals surface area contributed by atoms with E-state index in [4.69, 9.17) is 4.42 Å². The predicted octanol–water partition coefficient (Wildman–Crippen LogP) is 2.43. The number of hydrogen-bond acceptors (Lipinski definition) is 4. The molecule has 1 atom stereocenters. The van der Waals surface area contributed by atoms with Crippen LogP contribution < -0.4 is 10.2 Å². The highest BCUT2D eigenvalue weighted by Gasteiger charge is 2.27. The number of carbonyl (C=O) groups excluding carboxylic acids is 1. The van der Waals surface area contributed by atoms with Crippen LogP contribution >= 0.6 is 0 Å². The molecule has 0 radical (unpaired) electrons. The van der Waals surface area contributed by atoms with Crippen LogP contribution in [0.1, 0.15) is 12.8 Å². The molecular weight excluding hydrogens is 292 g/mol. The average molecular weight is 309 g/mol. The molecule has 0 aromatic carbocycles. The highest BCUT2D eigenvalue weighted by molar-refractivity contribution is 5.89. The zero-order valence-electron chi connectivity index (χ0n) is 12.0. The van der Waals surface area contributed by atoms with Crippen LogP contribution in [0.3, 0.4) is 0 Å². The van der Waals surface area contributed by atoms with Gasteiger partial charge in [0.2, 0.25) is 5.91 Å². The van der Waals surface area contributed by atoms with E-state index in [0.717, 1.165) is 29.8 Å². The van der Waals surface area contributed by atoms with Gasteiger partial charge in [0.25, 0.3) is 6.43 Å². The molecule has 0 saturated carbocycles. The number of amides is 1. The molecular formula is C15H17F2N3O2. The first-order valence-corrected chi connectivity index (χ1v) is 7.28. The maximum atomic E-state index is 12.2. The number of halogens is 2. The van der Waals surface area contributed by atoms with E-state index < -0.39 is 13.0 Å². The molecule has 0 bridgehead atoms. The molecule has 118 valence electrons. The van der Waals surface area contributed by atoms with E-state index in [-0.39, 0.29) is 11.8 Å². The molecule has 1 amide bonds. The first-order valence-electron chi connectivity index (χ1n) is 7.28. The molecule has 22 heavy (non-hydrogen) atoms. The molecule has 1 aliphatic rings. The number of aromatic nitrogens is 1. The van der Waals surface area contributed by atoms with E-state index >= 15 is 0 Å². The average Bonchev–Trinajstić information content (AvgIpc) is 3.01. The van der Waals surface area contributed by atoms with Crippen LogP contribution in [0.5, 0.6) is 0 Å². The number of rotatable bonds is 4. The number of carbonyl (C=O) groups is 1. The van der Waals surface area contributed by atoms with Crippen molar-refractivity contribution in [2.45, 2.75) is 19.3 Å². The minimum absolute atomic E-state index is 0.295. The molecule has 5 nitrogen and oxygen atoms in total. The van der Waals surface area contributed by atoms with Gasteiger partial charge in [-0.05, 0) is 25.0 Å². The highest BCUT2D eigenvalue weighted by atomic mass is 19.3. The van der Waals surface area contributed by atoms with Gasteiger partial charge in [0.15, 0.2) is 0 Å². The molecule has 1 aliphatic heterocycles. The normalized spacial score (nSPS) is 18.9. The standard InChI is InChI=1S/C15H17F2N3O2/c16-13(17)8-19-15(21)10-2-1-6-20(9-10)14-11-4-7-22-12(11)3-5-18-14/h3-5,7,10,13H,1-2,6,8-9H2,(H,19,21). The van der Waals surface area contributed by atoms with Gasteiger partial charge < -0.3 is 14.6 Å². The number of furan rings is 1. The van der Waals surface area contributed by atoms with Gasteiger partial charge in [0.1, 0.15) is 11.4 Å². The number of alkyl halides is 2. The van der Waals surface area contributed by atoms with E-state index in [1.165, 1.54) is 0 Å². The summed E-state index contributed by atoms with van der Waals surface area (Å²) >= 11 is 0. The van der Waals surface area contributed by atoms with Crippen molar-refractivity contribution in [3.05, 3.63) is 24.6 Å². The molecule has 2 aromatic heterocycles. The van der Waals surface area contributed by atoms with Crippen LogP contribution in [0.4, 0.5) is 14.6 Å². The van der Waals surface area contributed by atoms with E-state index in [2.05, 4.69) is 10.3 Å². The minimum atomic E-state index is -2.52. The third kappa shape index (κ3) is 3.03. The van der Waals surface area contributed by atoms with Crippen LogP contribution in [0.25, 0.3) is 11.0 Å². The molecule has 3 rings (SSSR count). The summed E-state index contributed by atoms with van der Waals surface area (Å²) in [7, 11) is 0. The van der Waals surface area contributed by atoms with Gasteiger partial charge in [0.05, 0.1) is 24.1 Å². The van der Waals surface area contributed by atoms with E-state index in [9.17, 15) is 13.6 Å². The molecule has 2 aromatic rings. The zero-order chi connectivity index (χ0) is 15.5. The lowest BCUT2D eigenvalue weighted by molar-refractivity contribution is -0.125. The quantitative estimate of drug-likeness (QED) is 0.942. The summed E-state index contributed by atoms with van der Waals surface area (Å²) < 4.78 is 29.8. The minimum Gasteiger partial charge on any atom is -0.464 e. The summed E-state index contributed by atoms with van der Waals surface area (Å²) in [4.78, 5) is 18.4. The van der Waals surface area contributed by atoms with Crippen molar-refractivity contribution < 1.29 is 18.0 Å². The topological polar surface area (TPSA) is 58.4 Å². The summed E-state index contributed by atoms with van der Waals surface area (Å²) in [5.41, 5.74) is 0.745. The number of piperidine rings is 1. The second-order valence-electron chi connectivity index (χ2n) is 5.39. The monoisotopic (exact) mass is 309 g/mol. The van der Waals surface area contributed by atoms with Gasteiger partial charge in [0, 0.05) is 19.3 Å². The van der Waals surface area contributed by atoms with E-state index in [1.54, 1.807) is 18.5 Å². The number of nitrogens with one attached hydrogen (secondary N) is 1. The molecule has 0 spiro atoms. The first kappa shape index (κ1) is 14.7. The van der Waals surface area contributed by atoms with Crippen molar-refractivity contribution in [1.82, 2.24) is 10.3 Å². The zero-order valence-corrected chi connectivity index (χ0v) is 12.0. The van der Waals surface area contributed by atoms with Crippen LogP contribution in [0, 0.1) is 5.92 Å². The fourth-order valence-electron chi connectivity index (χ4n) is 2.84. The second-order valence-corrected chi connectivity index (χ2v) is 5.39. The molecule has 3 heterocycles. The van der Waals surface area contributed by atoms with E-state index in [0.29, 0.717) is 13.0 Å². The number of anilines is 1. The Balaban J connectivity index is 1.73. The molecule has 0 aliphatic carbocycles. The van der Waals surface area contributed by atoms with Crippen LogP contribution in [-0.2, 0) is 4.79 Å². The molecule has 1 unspecified atom stereocenters. The smallest absolute Gasteiger partial charge is 0.255 e. The fraction of sp³-hybridized carbons (Fsp3) is 0.467. The Labute approximate surface area is 126 Å². The number of pyridine rings is 1. The van der Waals surface area contributed by atoms with Crippen molar-refractivity contribution in [1.29, 1.82) is 0 Å². The van der Waals surface area contributed by atoms with Gasteiger partial charge in [-0.1, -0.05) is 0 Å². The largest absolute Gasteiger partial charge is 0.464 e. The lowest BCUT2D eigenvalue weighted by Gasteiger charge is -2.33. The maximum Gasteiger partial charge on any atom is 0.255 e. The third-order valence-corrected chi connectivity index (χ3v) is 3.88. The number of hydrogen-bond donors (Lipinski definition) is 1. The first-order chi connectivity index (χ1) is 10.6. The Morgan fingerprint density at radius 3 is 3.18 bits per heavy atom. The summed E-state index contributed by atoms with van der Waals surface area (Å²) in [5.74, 6) is 0.165. The summed E-state index contributed by atoms with van der Waals surface area (Å²) in [6.45, 7) is 0.674. The number of nitrogens with zero attached hydrogens (tertiary/aromatic N) is 2. The Morgan fingerprint density at radius 1 is 1.50 bits per heavy atom. The SMILES string of the molecule is O=C(NCC(F)F)C1CCCN(c2nccc3occc23)C1. The summed E-state index contributed by atoms with van der Waals surface area (Å²) in [6, 6.07) is 3.63. The Kier molecular flexibility index (Phi) is 4.22. The second kappa shape index (κ2) is 6.29. The predicted molar refractivity (Wildman–Crippen MR) is 78.0 cm³/mol. The van der Waals surface area contributed by atoms with Gasteiger partial charge in [-0.2, -0.15) is 0 Å². The van der Waals surface area contributed by atoms with Gasteiger partial charge in [-0.3, -0.25) is 4.79 Å².